The molecule has 0 saturated carbocycles. The maximum absolute atomic E-state index is 11.1. The van der Waals surface area contributed by atoms with Gasteiger partial charge >= 0.3 is 23.6 Å². The summed E-state index contributed by atoms with van der Waals surface area (Å²) in [6, 6.07) is 0. The van der Waals surface area contributed by atoms with Crippen molar-refractivity contribution in [2.45, 2.75) is 0 Å². The van der Waals surface area contributed by atoms with Crippen molar-refractivity contribution in [3.63, 3.8) is 0 Å². The van der Waals surface area contributed by atoms with Crippen LogP contribution in [0.4, 0.5) is 9.59 Å². The van der Waals surface area contributed by atoms with Crippen LogP contribution in [0.25, 0.3) is 0 Å². The Balaban J connectivity index is 3.90. The number of rotatable bonds is 5. The lowest BCUT2D eigenvalue weighted by Crippen LogP contribution is -2.31. The van der Waals surface area contributed by atoms with Crippen LogP contribution in [0, 0.1) is 0 Å². The van der Waals surface area contributed by atoms with E-state index in [0.717, 1.165) is 19.1 Å². The van der Waals surface area contributed by atoms with E-state index in [-0.39, 0.29) is 0 Å². The Morgan fingerprint density at radius 3 is 2.44 bits per heavy atom. The molecule has 0 aromatic heterocycles. The molecule has 0 radical (unpaired) electrons. The van der Waals surface area contributed by atoms with E-state index in [1.54, 1.807) is 0 Å². The van der Waals surface area contributed by atoms with Gasteiger partial charge in [-0.1, -0.05) is 4.33 Å². The summed E-state index contributed by atoms with van der Waals surface area (Å²) in [7, 11) is 3.45. The summed E-state index contributed by atoms with van der Waals surface area (Å²) in [5.41, 5.74) is 0. The molecule has 0 saturated heterocycles. The normalized spacial score (nSPS) is 11.4. The smallest absolute Gasteiger partial charge is 0.438 e. The van der Waals surface area contributed by atoms with Gasteiger partial charge in [0.2, 0.25) is 0 Å². The molecule has 0 spiro atoms. The van der Waals surface area contributed by atoms with Crippen molar-refractivity contribution in [3.05, 3.63) is 0 Å². The van der Waals surface area contributed by atoms with Gasteiger partial charge in [0.25, 0.3) is 0 Å². The van der Waals surface area contributed by atoms with E-state index in [9.17, 15) is 13.8 Å². The van der Waals surface area contributed by atoms with E-state index in [0.29, 0.717) is 0 Å². The first-order chi connectivity index (χ1) is 7.51. The van der Waals surface area contributed by atoms with Gasteiger partial charge in [-0.3, -0.25) is 4.90 Å². The average molecular weight is 257 g/mol. The molecular weight excluding hydrogens is 246 g/mol. The van der Waals surface area contributed by atoms with Gasteiger partial charge in [-0.2, -0.15) is 4.21 Å². The van der Waals surface area contributed by atoms with Crippen LogP contribution in [0.15, 0.2) is 0 Å². The van der Waals surface area contributed by atoms with Gasteiger partial charge in [-0.15, -0.1) is 0 Å². The van der Waals surface area contributed by atoms with Crippen molar-refractivity contribution < 1.29 is 36.7 Å². The Labute approximate surface area is 93.9 Å². The second-order valence-electron chi connectivity index (χ2n) is 2.21. The van der Waals surface area contributed by atoms with Crippen molar-refractivity contribution in [1.29, 1.82) is 0 Å². The van der Waals surface area contributed by atoms with Gasteiger partial charge in [0.15, 0.2) is 6.73 Å². The summed E-state index contributed by atoms with van der Waals surface area (Å²) < 4.78 is 27.5. The van der Waals surface area contributed by atoms with E-state index < -0.39 is 30.3 Å². The first kappa shape index (κ1) is 14.6. The molecule has 0 fully saturated rings. The van der Waals surface area contributed by atoms with Gasteiger partial charge < -0.3 is 13.7 Å². The molecule has 1 amide bonds. The van der Waals surface area contributed by atoms with Crippen LogP contribution in [0.1, 0.15) is 0 Å². The highest BCUT2D eigenvalue weighted by Gasteiger charge is 2.16. The molecule has 0 aliphatic heterocycles. The second kappa shape index (κ2) is 7.84. The van der Waals surface area contributed by atoms with E-state index in [4.69, 9.17) is 0 Å². The number of hydrogen-bond acceptors (Lipinski definition) is 8. The number of ether oxygens (including phenoxy) is 2. The maximum atomic E-state index is 11.1. The summed E-state index contributed by atoms with van der Waals surface area (Å²) in [4.78, 5) is 26.4. The van der Waals surface area contributed by atoms with Crippen LogP contribution in [0.5, 0.6) is 0 Å². The Morgan fingerprint density at radius 1 is 1.31 bits per heavy atom. The molecule has 0 aliphatic rings. The quantitative estimate of drug-likeness (QED) is 0.292. The molecule has 16 heavy (non-hydrogen) atoms. The molecule has 0 N–H and O–H groups in total. The van der Waals surface area contributed by atoms with Gasteiger partial charge in [0.1, 0.15) is 0 Å². The zero-order valence-electron chi connectivity index (χ0n) is 8.83. The minimum Gasteiger partial charge on any atom is -0.438 e. The maximum Gasteiger partial charge on any atom is 0.509 e. The molecule has 0 rings (SSSR count). The number of hydrogen-bond donors (Lipinski definition) is 0. The predicted octanol–water partition coefficient (Wildman–Crippen LogP) is -0.0480. The lowest BCUT2D eigenvalue weighted by atomic mass is 10.9. The van der Waals surface area contributed by atoms with Crippen LogP contribution in [0.2, 0.25) is 0 Å². The summed E-state index contributed by atoms with van der Waals surface area (Å²) in [5, 5.41) is 0. The standard InChI is InChI=1S/C6H11NO8S/c1-7(4-13-6(9)11-2)5(8)14-16(10)15-12-3/h4H2,1-3H3. The molecule has 0 aliphatic carbocycles. The summed E-state index contributed by atoms with van der Waals surface area (Å²) in [6.07, 6.45) is -1.99. The Kier molecular flexibility index (Phi) is 7.16. The minimum atomic E-state index is -2.37. The predicted molar refractivity (Wildman–Crippen MR) is 48.8 cm³/mol. The fraction of sp³-hybridized carbons (Fsp3) is 0.667. The van der Waals surface area contributed by atoms with Gasteiger partial charge in [-0.05, 0) is 0 Å². The van der Waals surface area contributed by atoms with Crippen LogP contribution in [0.3, 0.4) is 0 Å². The van der Waals surface area contributed by atoms with Crippen LogP contribution in [-0.4, -0.2) is 49.4 Å². The number of nitrogens with zero attached hydrogens (tertiary/aromatic N) is 1. The molecule has 0 aromatic carbocycles. The lowest BCUT2D eigenvalue weighted by molar-refractivity contribution is -0.173. The Hall–Kier alpha value is -1.39. The molecule has 1 unspecified atom stereocenters. The largest absolute Gasteiger partial charge is 0.509 e. The van der Waals surface area contributed by atoms with Gasteiger partial charge in [0, 0.05) is 7.05 Å². The first-order valence-corrected chi connectivity index (χ1v) is 4.78. The number of carbonyl (C=O) groups is 2. The van der Waals surface area contributed by atoms with E-state index in [2.05, 4.69) is 22.9 Å². The summed E-state index contributed by atoms with van der Waals surface area (Å²) >= 11 is -2.37. The van der Waals surface area contributed by atoms with Gasteiger partial charge in [0.05, 0.1) is 14.2 Å². The van der Waals surface area contributed by atoms with E-state index >= 15 is 0 Å². The Bertz CT molecular complexity index is 269. The summed E-state index contributed by atoms with van der Waals surface area (Å²) in [6.45, 7) is -0.421. The second-order valence-corrected chi connectivity index (χ2v) is 2.92. The third-order valence-electron chi connectivity index (χ3n) is 1.12. The zero-order valence-corrected chi connectivity index (χ0v) is 9.65. The fourth-order valence-electron chi connectivity index (χ4n) is 0.452. The molecule has 94 valence electrons. The fourth-order valence-corrected chi connectivity index (χ4v) is 0.835. The van der Waals surface area contributed by atoms with Crippen LogP contribution >= 0.6 is 0 Å². The third kappa shape index (κ3) is 6.16. The van der Waals surface area contributed by atoms with Crippen LogP contribution < -0.4 is 0 Å². The molecule has 1 atom stereocenters. The number of carbonyl (C=O) groups excluding carboxylic acids is 2. The Morgan fingerprint density at radius 2 is 1.94 bits per heavy atom. The van der Waals surface area contributed by atoms with E-state index in [1.165, 1.54) is 7.05 Å². The highest BCUT2D eigenvalue weighted by Crippen LogP contribution is 1.97. The van der Waals surface area contributed by atoms with Crippen molar-refractivity contribution >= 4 is 23.6 Å². The van der Waals surface area contributed by atoms with E-state index in [1.807, 2.05) is 0 Å². The van der Waals surface area contributed by atoms with Crippen molar-refractivity contribution in [2.75, 3.05) is 28.0 Å². The lowest BCUT2D eigenvalue weighted by Gasteiger charge is -2.14. The number of amides is 1. The molecule has 9 nitrogen and oxygen atoms in total. The monoisotopic (exact) mass is 257 g/mol. The minimum absolute atomic E-state index is 0.421. The van der Waals surface area contributed by atoms with Crippen LogP contribution in [-0.2, 0) is 34.2 Å². The third-order valence-corrected chi connectivity index (χ3v) is 1.64. The topological polar surface area (TPSA) is 101 Å². The number of methoxy groups -OCH3 is 1. The molecule has 0 heterocycles. The first-order valence-electron chi connectivity index (χ1n) is 3.78. The zero-order chi connectivity index (χ0) is 12.6. The molecule has 0 bridgehead atoms. The van der Waals surface area contributed by atoms with Crippen molar-refractivity contribution in [2.24, 2.45) is 0 Å². The average Bonchev–Trinajstić information content (AvgIpc) is 2.25. The van der Waals surface area contributed by atoms with Gasteiger partial charge in [-0.25, -0.2) is 14.5 Å². The van der Waals surface area contributed by atoms with Crippen molar-refractivity contribution in [3.8, 4) is 0 Å². The molecular formula is C6H11NO8S. The molecule has 0 aromatic rings. The van der Waals surface area contributed by atoms with Crippen molar-refractivity contribution in [1.82, 2.24) is 4.90 Å². The highest BCUT2D eigenvalue weighted by atomic mass is 32.2. The highest BCUT2D eigenvalue weighted by molar-refractivity contribution is 7.75. The SMILES string of the molecule is COOS(=O)OC(=O)N(C)COC(=O)OC. The molecule has 10 heteroatoms. The summed E-state index contributed by atoms with van der Waals surface area (Å²) in [5.74, 6) is 0.